The van der Waals surface area contributed by atoms with E-state index in [0.717, 1.165) is 25.8 Å². The zero-order valence-corrected chi connectivity index (χ0v) is 50.9. The van der Waals surface area contributed by atoms with E-state index in [1.165, 1.54) is 39.6 Å². The molecule has 0 radical (unpaired) electrons. The molecule has 0 aromatic heterocycles. The Morgan fingerprint density at radius 1 is 0.885 bits per heavy atom. The molecule has 5 fully saturated rings. The number of methoxy groups -OCH3 is 1. The van der Waals surface area contributed by atoms with Crippen LogP contribution in [-0.4, -0.2) is 241 Å². The number of hydrogen-bond donors (Lipinski definition) is 9. The average molecular weight is 1160 g/mol. The second-order valence-electron chi connectivity index (χ2n) is 24.2. The van der Waals surface area contributed by atoms with Crippen LogP contribution < -0.4 is 5.32 Å². The molecule has 5 aliphatic heterocycles. The molecule has 2 unspecified atom stereocenters. The first kappa shape index (κ1) is 69.1. The summed E-state index contributed by atoms with van der Waals surface area (Å²) >= 11 is 7.55. The van der Waals surface area contributed by atoms with E-state index in [9.17, 15) is 55.2 Å². The molecule has 0 bridgehead atoms. The third-order valence-corrected chi connectivity index (χ3v) is 18.6. The van der Waals surface area contributed by atoms with Crippen molar-refractivity contribution in [1.82, 2.24) is 15.1 Å². The quantitative estimate of drug-likeness (QED) is 0.0890. The van der Waals surface area contributed by atoms with Crippen molar-refractivity contribution in [2.75, 3.05) is 41.1 Å². The van der Waals surface area contributed by atoms with Gasteiger partial charge in [-0.25, -0.2) is 0 Å². The Kier molecular flexibility index (Phi) is 25.6. The number of aliphatic hydroxyl groups excluding tert-OH is 6. The molecule has 5 saturated heterocycles. The first-order valence-corrected chi connectivity index (χ1v) is 29.8. The summed E-state index contributed by atoms with van der Waals surface area (Å²) in [6.07, 6.45) is -9.81. The van der Waals surface area contributed by atoms with Crippen molar-refractivity contribution >= 4 is 41.0 Å². The number of likely N-dealkylation sites (N-methyl/N-ethyl adjacent to an activating group) is 2. The first-order valence-electron chi connectivity index (χ1n) is 28.1. The maximum atomic E-state index is 14.1. The number of halogens is 1. The van der Waals surface area contributed by atoms with Gasteiger partial charge in [0.05, 0.1) is 65.1 Å². The minimum atomic E-state index is -1.99. The predicted octanol–water partition coefficient (Wildman–Crippen LogP) is 2.18. The van der Waals surface area contributed by atoms with Crippen molar-refractivity contribution < 1.29 is 88.4 Å². The highest BCUT2D eigenvalue weighted by Crippen LogP contribution is 2.41. The number of ketones is 1. The number of rotatable bonds is 14. The summed E-state index contributed by atoms with van der Waals surface area (Å²) in [5, 5.41) is 90.6. The highest BCUT2D eigenvalue weighted by atomic mass is 35.5. The van der Waals surface area contributed by atoms with Gasteiger partial charge in [-0.2, -0.15) is 0 Å². The van der Waals surface area contributed by atoms with Gasteiger partial charge in [0.25, 0.3) is 0 Å². The summed E-state index contributed by atoms with van der Waals surface area (Å²) in [7, 11) is 7.12. The number of ether oxygens (including phenoxy) is 7. The van der Waals surface area contributed by atoms with Gasteiger partial charge in [0.15, 0.2) is 12.6 Å². The predicted molar refractivity (Wildman–Crippen MR) is 293 cm³/mol. The third-order valence-electron chi connectivity index (χ3n) is 17.5. The molecule has 21 nitrogen and oxygen atoms in total. The smallest absolute Gasteiger partial charge is 0.311 e. The number of thioether (sulfide) groups is 1. The van der Waals surface area contributed by atoms with Crippen molar-refractivity contribution in [2.45, 2.75) is 260 Å². The van der Waals surface area contributed by atoms with Gasteiger partial charge in [-0.05, 0) is 114 Å². The zero-order chi connectivity index (χ0) is 59.3. The lowest BCUT2D eigenvalue weighted by Crippen LogP contribution is -2.65. The molecular weight excluding hydrogens is 1060 g/mol. The number of alkyl halides is 1. The Morgan fingerprint density at radius 3 is 2.06 bits per heavy atom. The lowest BCUT2D eigenvalue weighted by atomic mass is 9.74. The van der Waals surface area contributed by atoms with Gasteiger partial charge < -0.3 is 84.2 Å². The minimum Gasteiger partial charge on any atom is -0.459 e. The molecule has 0 aromatic carbocycles. The van der Waals surface area contributed by atoms with E-state index in [-0.39, 0.29) is 43.4 Å². The van der Waals surface area contributed by atoms with Crippen molar-refractivity contribution in [3.8, 4) is 0 Å². The van der Waals surface area contributed by atoms with E-state index in [1.807, 2.05) is 37.9 Å². The number of aliphatic hydroxyl groups is 8. The number of Topliss-reactive ketones (excluding diaryl/α,β-unsaturated/α-hetero) is 1. The maximum Gasteiger partial charge on any atom is 0.311 e. The van der Waals surface area contributed by atoms with Crippen molar-refractivity contribution in [2.24, 2.45) is 29.6 Å². The zero-order valence-electron chi connectivity index (χ0n) is 49.4. The highest BCUT2D eigenvalue weighted by Gasteiger charge is 2.54. The van der Waals surface area contributed by atoms with Crippen LogP contribution in [0.5, 0.6) is 0 Å². The summed E-state index contributed by atoms with van der Waals surface area (Å²) in [5.41, 5.74) is -5.54. The Labute approximate surface area is 473 Å². The summed E-state index contributed by atoms with van der Waals surface area (Å²) in [6, 6.07) is -1.26. The topological polar surface area (TPSA) is 296 Å². The molecule has 5 heterocycles. The van der Waals surface area contributed by atoms with Crippen LogP contribution >= 0.6 is 23.4 Å². The average Bonchev–Trinajstić information content (AvgIpc) is 3.75. The number of nitrogens with zero attached hydrogens (tertiary/aromatic N) is 2. The summed E-state index contributed by atoms with van der Waals surface area (Å²) in [6.45, 7) is 21.1. The second kappa shape index (κ2) is 28.9. The number of carbonyl (C=O) groups excluding carboxylic acids is 3. The molecule has 456 valence electrons. The van der Waals surface area contributed by atoms with Crippen LogP contribution in [0.1, 0.15) is 128 Å². The standard InChI is InChI=1S/C37H67NO13.C18H33ClN2O5S/c1-14-25-37(10,45)30(41)20(4)27(39)18(2)16-35(8,44)32(51-34-28(40)24(38(11)12)15-19(3)47-34)21(5)29(22(6)33(43)49-25)50-26-17-36(9,46-13)31(42)23(7)48-26;1-5-6-10-7-11(21(3)8-10)17(25)20-12(9(2)19)16-14(23)13(22)15(24)18(26-16)27-4/h18-26,28-32,34,40-42,44-45H,14-17H2,1-13H3;9-16,18,22-24H,5-8H2,1-4H3,(H,20,25)/t18-,19-,20+,21+,22-,23+,24+,25-,26+,28-,29+,30-,31+,32-,34+,35-,36-,37-;9?,10-,11+,12?,13+,14-,15-,16-,18-/m11/s1. The molecular formula is C55H100ClN3O18S. The van der Waals surface area contributed by atoms with Crippen LogP contribution in [0.25, 0.3) is 0 Å². The molecule has 5 aliphatic rings. The number of cyclic esters (lactones) is 1. The molecule has 78 heavy (non-hydrogen) atoms. The van der Waals surface area contributed by atoms with E-state index < -0.39 is 149 Å². The number of hydrogen-bond acceptors (Lipinski definition) is 21. The van der Waals surface area contributed by atoms with Crippen molar-refractivity contribution in [3.63, 3.8) is 0 Å². The fraction of sp³-hybridized carbons (Fsp3) is 0.945. The van der Waals surface area contributed by atoms with Crippen molar-refractivity contribution in [1.29, 1.82) is 0 Å². The van der Waals surface area contributed by atoms with Gasteiger partial charge in [-0.15, -0.1) is 23.4 Å². The lowest BCUT2D eigenvalue weighted by molar-refractivity contribution is -0.318. The Balaban J connectivity index is 0.000000407. The first-order chi connectivity index (χ1) is 36.1. The van der Waals surface area contributed by atoms with E-state index in [0.29, 0.717) is 12.3 Å². The van der Waals surface area contributed by atoms with E-state index >= 15 is 0 Å². The SMILES string of the molecule is CCC[C@@H]1C[C@@H](C(=O)NC(C(C)Cl)[C@H]2O[C@H](SC)[C@H](O)[C@@H](O)[C@H]2O)N(C)C1.CC[C@H]1OC(=O)[C@H](C)[C@@H](O[C@H]2C[C@@](C)(OC)[C@@H](O)[C@H](C)O2)[C@H](C)[C@@H](O[C@@H]2O[C@H](C)C[C@H](N(C)C)[C@H]2O)[C@](C)(O)C[C@@H](C)C(=O)[C@H](C)[C@@H](O)[C@]1(C)O. The fourth-order valence-corrected chi connectivity index (χ4v) is 13.4. The van der Waals surface area contributed by atoms with Gasteiger partial charge in [0.2, 0.25) is 5.91 Å². The van der Waals surface area contributed by atoms with E-state index in [2.05, 4.69) is 12.2 Å². The molecule has 1 amide bonds. The number of carbonyl (C=O) groups is 3. The van der Waals surface area contributed by atoms with Gasteiger partial charge in [-0.3, -0.25) is 19.3 Å². The summed E-state index contributed by atoms with van der Waals surface area (Å²) < 4.78 is 42.8. The van der Waals surface area contributed by atoms with Gasteiger partial charge in [0.1, 0.15) is 59.5 Å². The Bertz CT molecular complexity index is 1910. The maximum absolute atomic E-state index is 14.1. The van der Waals surface area contributed by atoms with Crippen LogP contribution in [0.4, 0.5) is 0 Å². The summed E-state index contributed by atoms with van der Waals surface area (Å²) in [5.74, 6) is -4.63. The molecule has 0 saturated carbocycles. The minimum absolute atomic E-state index is 0.0936. The molecule has 23 heteroatoms. The van der Waals surface area contributed by atoms with Gasteiger partial charge in [-0.1, -0.05) is 41.0 Å². The third kappa shape index (κ3) is 16.1. The van der Waals surface area contributed by atoms with Crippen LogP contribution in [0.15, 0.2) is 0 Å². The molecule has 9 N–H and O–H groups in total. The van der Waals surface area contributed by atoms with E-state index in [1.54, 1.807) is 54.7 Å². The number of amides is 1. The summed E-state index contributed by atoms with van der Waals surface area (Å²) in [4.78, 5) is 44.7. The van der Waals surface area contributed by atoms with Crippen molar-refractivity contribution in [3.05, 3.63) is 0 Å². The van der Waals surface area contributed by atoms with Crippen LogP contribution in [0, 0.1) is 29.6 Å². The number of esters is 1. The molecule has 0 aromatic rings. The monoisotopic (exact) mass is 1160 g/mol. The van der Waals surface area contributed by atoms with Crippen LogP contribution in [0.3, 0.4) is 0 Å². The molecule has 0 spiro atoms. The normalized spacial score (nSPS) is 46.3. The molecule has 0 aliphatic carbocycles. The fourth-order valence-electron chi connectivity index (χ4n) is 12.5. The van der Waals surface area contributed by atoms with Gasteiger partial charge in [0, 0.05) is 43.9 Å². The molecule has 27 atom stereocenters. The van der Waals surface area contributed by atoms with Gasteiger partial charge >= 0.3 is 5.97 Å². The lowest BCUT2D eigenvalue weighted by Gasteiger charge is -2.49. The Morgan fingerprint density at radius 2 is 1.51 bits per heavy atom. The number of likely N-dealkylation sites (tertiary alicyclic amines) is 1. The van der Waals surface area contributed by atoms with E-state index in [4.69, 9.17) is 44.8 Å². The largest absolute Gasteiger partial charge is 0.459 e. The highest BCUT2D eigenvalue weighted by molar-refractivity contribution is 7.99. The van der Waals surface area contributed by atoms with Crippen LogP contribution in [-0.2, 0) is 47.5 Å². The Hall–Kier alpha value is -1.39. The van der Waals surface area contributed by atoms with Crippen LogP contribution in [0.2, 0.25) is 0 Å². The number of nitrogens with one attached hydrogen (secondary N) is 1. The molecule has 5 rings (SSSR count). The second-order valence-corrected chi connectivity index (χ2v) is 25.8.